The Balaban J connectivity index is 2.78. The van der Waals surface area contributed by atoms with Gasteiger partial charge in [-0.1, -0.05) is 6.92 Å². The van der Waals surface area contributed by atoms with E-state index in [4.69, 9.17) is 11.1 Å². The third-order valence-electron chi connectivity index (χ3n) is 2.38. The Morgan fingerprint density at radius 3 is 2.83 bits per heavy atom. The third kappa shape index (κ3) is 3.81. The lowest BCUT2D eigenvalue weighted by molar-refractivity contribution is 0.579. The van der Waals surface area contributed by atoms with Crippen molar-refractivity contribution in [2.45, 2.75) is 38.3 Å². The van der Waals surface area contributed by atoms with Crippen LogP contribution in [0.2, 0.25) is 0 Å². The number of nitrogens with zero attached hydrogens (tertiary/aromatic N) is 2. The van der Waals surface area contributed by atoms with Crippen LogP contribution in [0.1, 0.15) is 25.6 Å². The van der Waals surface area contributed by atoms with Gasteiger partial charge in [0.15, 0.2) is 5.03 Å². The number of amidine groups is 1. The van der Waals surface area contributed by atoms with E-state index in [0.29, 0.717) is 5.82 Å². The highest BCUT2D eigenvalue weighted by atomic mass is 32.2. The number of aryl methyl sites for hydroxylation is 2. The summed E-state index contributed by atoms with van der Waals surface area (Å²) in [6.07, 6.45) is 2.62. The van der Waals surface area contributed by atoms with E-state index < -0.39 is 10.0 Å². The molecule has 0 spiro atoms. The molecule has 0 saturated carbocycles. The predicted molar refractivity (Wildman–Crippen MR) is 69.0 cm³/mol. The van der Waals surface area contributed by atoms with Crippen molar-refractivity contribution in [3.63, 3.8) is 0 Å². The maximum absolute atomic E-state index is 11.9. The molecule has 0 atom stereocenters. The van der Waals surface area contributed by atoms with Gasteiger partial charge in [-0.05, 0) is 13.3 Å². The first-order valence-corrected chi connectivity index (χ1v) is 7.21. The van der Waals surface area contributed by atoms with Gasteiger partial charge in [0.2, 0.25) is 0 Å². The van der Waals surface area contributed by atoms with Crippen LogP contribution in [-0.2, 0) is 16.6 Å². The van der Waals surface area contributed by atoms with Gasteiger partial charge in [-0.25, -0.2) is 18.1 Å². The molecule has 4 N–H and O–H groups in total. The Morgan fingerprint density at radius 1 is 1.61 bits per heavy atom. The largest absolute Gasteiger partial charge is 0.388 e. The molecule has 0 aliphatic rings. The number of nitrogens with two attached hydrogens (primary N) is 1. The minimum Gasteiger partial charge on any atom is -0.388 e. The molecule has 102 valence electrons. The first kappa shape index (κ1) is 14.7. The number of imidazole rings is 1. The second-order valence-corrected chi connectivity index (χ2v) is 5.71. The number of sulfonamides is 1. The monoisotopic (exact) mass is 273 g/mol. The van der Waals surface area contributed by atoms with E-state index in [-0.39, 0.29) is 23.8 Å². The molecule has 1 rings (SSSR count). The summed E-state index contributed by atoms with van der Waals surface area (Å²) in [6.45, 7) is 4.63. The molecular weight excluding hydrogens is 254 g/mol. The molecule has 0 aromatic carbocycles. The van der Waals surface area contributed by atoms with Crippen molar-refractivity contribution < 1.29 is 8.42 Å². The van der Waals surface area contributed by atoms with E-state index in [1.54, 1.807) is 11.5 Å². The summed E-state index contributed by atoms with van der Waals surface area (Å²) in [7, 11) is -3.61. The summed E-state index contributed by atoms with van der Waals surface area (Å²) >= 11 is 0. The van der Waals surface area contributed by atoms with Crippen molar-refractivity contribution in [2.75, 3.05) is 6.54 Å². The van der Waals surface area contributed by atoms with Crippen molar-refractivity contribution in [3.05, 3.63) is 12.0 Å². The highest BCUT2D eigenvalue weighted by Crippen LogP contribution is 2.09. The summed E-state index contributed by atoms with van der Waals surface area (Å²) in [5.74, 6) is 0.620. The molecule has 1 heterocycles. The predicted octanol–water partition coefficient (Wildman–Crippen LogP) is 0.206. The fourth-order valence-electron chi connectivity index (χ4n) is 1.47. The minimum absolute atomic E-state index is 0.0111. The van der Waals surface area contributed by atoms with Crippen LogP contribution in [-0.4, -0.2) is 30.3 Å². The van der Waals surface area contributed by atoms with Crippen molar-refractivity contribution in [3.8, 4) is 0 Å². The SMILES string of the molecule is CCCn1cc(S(=O)(=O)NCCC(=N)N)nc1C. The standard InChI is InChI=1S/C10H19N5O2S/c1-3-6-15-7-10(14-8(15)2)18(16,17)13-5-4-9(11)12/h7,13H,3-6H2,1-2H3,(H3,11,12). The molecule has 0 bridgehead atoms. The lowest BCUT2D eigenvalue weighted by atomic mass is 10.4. The molecule has 0 unspecified atom stereocenters. The van der Waals surface area contributed by atoms with Gasteiger partial charge >= 0.3 is 0 Å². The average Bonchev–Trinajstić information content (AvgIpc) is 2.61. The molecule has 0 amide bonds. The van der Waals surface area contributed by atoms with Gasteiger partial charge in [0.05, 0.1) is 5.84 Å². The van der Waals surface area contributed by atoms with Crippen LogP contribution in [0, 0.1) is 12.3 Å². The van der Waals surface area contributed by atoms with E-state index in [0.717, 1.165) is 13.0 Å². The maximum Gasteiger partial charge on any atom is 0.259 e. The number of aromatic nitrogens is 2. The van der Waals surface area contributed by atoms with Crippen LogP contribution in [0.15, 0.2) is 11.2 Å². The van der Waals surface area contributed by atoms with Crippen LogP contribution in [0.25, 0.3) is 0 Å². The van der Waals surface area contributed by atoms with Gasteiger partial charge in [-0.15, -0.1) is 0 Å². The van der Waals surface area contributed by atoms with E-state index in [1.165, 1.54) is 6.20 Å². The van der Waals surface area contributed by atoms with Gasteiger partial charge in [0, 0.05) is 25.7 Å². The first-order valence-electron chi connectivity index (χ1n) is 5.73. The lowest BCUT2D eigenvalue weighted by Gasteiger charge is -2.02. The number of hydrogen-bond acceptors (Lipinski definition) is 4. The molecule has 1 aromatic rings. The molecule has 18 heavy (non-hydrogen) atoms. The average molecular weight is 273 g/mol. The molecule has 0 radical (unpaired) electrons. The zero-order chi connectivity index (χ0) is 13.8. The summed E-state index contributed by atoms with van der Waals surface area (Å²) in [5.41, 5.74) is 5.16. The van der Waals surface area contributed by atoms with Gasteiger partial charge in [-0.3, -0.25) is 5.41 Å². The van der Waals surface area contributed by atoms with Gasteiger partial charge < -0.3 is 10.3 Å². The van der Waals surface area contributed by atoms with Crippen molar-refractivity contribution in [1.29, 1.82) is 5.41 Å². The van der Waals surface area contributed by atoms with Crippen LogP contribution in [0.5, 0.6) is 0 Å². The lowest BCUT2D eigenvalue weighted by Crippen LogP contribution is -2.28. The fraction of sp³-hybridized carbons (Fsp3) is 0.600. The second-order valence-electron chi connectivity index (χ2n) is 3.99. The van der Waals surface area contributed by atoms with E-state index >= 15 is 0 Å². The van der Waals surface area contributed by atoms with Crippen LogP contribution >= 0.6 is 0 Å². The second kappa shape index (κ2) is 5.96. The first-order chi connectivity index (χ1) is 8.36. The molecule has 8 heteroatoms. The van der Waals surface area contributed by atoms with E-state index in [1.807, 2.05) is 6.92 Å². The van der Waals surface area contributed by atoms with Gasteiger partial charge in [0.1, 0.15) is 5.82 Å². The topological polar surface area (TPSA) is 114 Å². The van der Waals surface area contributed by atoms with Crippen LogP contribution in [0.4, 0.5) is 0 Å². The molecule has 1 aromatic heterocycles. The highest BCUT2D eigenvalue weighted by molar-refractivity contribution is 7.89. The third-order valence-corrected chi connectivity index (χ3v) is 3.71. The Morgan fingerprint density at radius 2 is 2.28 bits per heavy atom. The summed E-state index contributed by atoms with van der Waals surface area (Å²) in [5, 5.41) is 7.03. The summed E-state index contributed by atoms with van der Waals surface area (Å²) < 4.78 is 27.9. The van der Waals surface area contributed by atoms with Crippen molar-refractivity contribution in [2.24, 2.45) is 5.73 Å². The number of hydrogen-bond donors (Lipinski definition) is 3. The van der Waals surface area contributed by atoms with Gasteiger partial charge in [-0.2, -0.15) is 0 Å². The normalized spacial score (nSPS) is 11.7. The van der Waals surface area contributed by atoms with Gasteiger partial charge in [0.25, 0.3) is 10.0 Å². The molecule has 0 aliphatic carbocycles. The molecule has 0 saturated heterocycles. The van der Waals surface area contributed by atoms with Crippen LogP contribution in [0.3, 0.4) is 0 Å². The molecule has 7 nitrogen and oxygen atoms in total. The Kier molecular flexibility index (Phi) is 4.85. The summed E-state index contributed by atoms with van der Waals surface area (Å²) in [6, 6.07) is 0. The summed E-state index contributed by atoms with van der Waals surface area (Å²) in [4.78, 5) is 4.03. The maximum atomic E-state index is 11.9. The Bertz CT molecular complexity index is 520. The van der Waals surface area contributed by atoms with Crippen molar-refractivity contribution in [1.82, 2.24) is 14.3 Å². The molecule has 0 aliphatic heterocycles. The highest BCUT2D eigenvalue weighted by Gasteiger charge is 2.18. The van der Waals surface area contributed by atoms with E-state index in [2.05, 4.69) is 9.71 Å². The zero-order valence-electron chi connectivity index (χ0n) is 10.6. The number of rotatable bonds is 7. The van der Waals surface area contributed by atoms with Crippen LogP contribution < -0.4 is 10.5 Å². The minimum atomic E-state index is -3.61. The smallest absolute Gasteiger partial charge is 0.259 e. The Labute approximate surface area is 107 Å². The molecular formula is C10H19N5O2S. The van der Waals surface area contributed by atoms with Crippen molar-refractivity contribution >= 4 is 15.9 Å². The quantitative estimate of drug-likeness (QED) is 0.486. The molecule has 0 fully saturated rings. The zero-order valence-corrected chi connectivity index (χ0v) is 11.4. The Hall–Kier alpha value is -1.41. The fourth-order valence-corrected chi connectivity index (χ4v) is 2.51. The number of nitrogens with one attached hydrogen (secondary N) is 2. The van der Waals surface area contributed by atoms with E-state index in [9.17, 15) is 8.42 Å².